The number of fused-ring (bicyclic) bond motifs is 1. The second-order valence-electron chi connectivity index (χ2n) is 3.24. The van der Waals surface area contributed by atoms with E-state index in [1.165, 1.54) is 6.07 Å². The molecule has 0 aliphatic heterocycles. The first-order valence-electron chi connectivity index (χ1n) is 4.26. The van der Waals surface area contributed by atoms with Crippen LogP contribution in [0.15, 0.2) is 18.7 Å². The average Bonchev–Trinajstić information content (AvgIpc) is 2.54. The molecule has 0 fully saturated rings. The maximum atomic E-state index is 13.4. The molecule has 0 saturated heterocycles. The van der Waals surface area contributed by atoms with Crippen molar-refractivity contribution in [3.63, 3.8) is 0 Å². The molecule has 2 nitrogen and oxygen atoms in total. The van der Waals surface area contributed by atoms with E-state index in [9.17, 15) is 9.50 Å². The molecule has 1 aromatic heterocycles. The molecule has 14 heavy (non-hydrogen) atoms. The first-order valence-corrected chi connectivity index (χ1v) is 4.26. The summed E-state index contributed by atoms with van der Waals surface area (Å²) in [7, 11) is 0. The van der Waals surface area contributed by atoms with Gasteiger partial charge in [0, 0.05) is 16.6 Å². The van der Waals surface area contributed by atoms with E-state index in [-0.39, 0.29) is 5.75 Å². The van der Waals surface area contributed by atoms with Crippen LogP contribution in [0.25, 0.3) is 17.0 Å². The van der Waals surface area contributed by atoms with Gasteiger partial charge in [0.05, 0.1) is 5.52 Å². The first-order chi connectivity index (χ1) is 6.63. The summed E-state index contributed by atoms with van der Waals surface area (Å²) in [6.07, 6.45) is 1.58. The van der Waals surface area contributed by atoms with Crippen molar-refractivity contribution in [2.75, 3.05) is 0 Å². The Morgan fingerprint density at radius 2 is 2.21 bits per heavy atom. The number of phenols is 1. The zero-order chi connectivity index (χ0) is 10.3. The lowest BCUT2D eigenvalue weighted by atomic mass is 10.1. The molecule has 1 aromatic carbocycles. The van der Waals surface area contributed by atoms with Crippen LogP contribution in [0, 0.1) is 12.7 Å². The van der Waals surface area contributed by atoms with E-state index < -0.39 is 5.82 Å². The van der Waals surface area contributed by atoms with E-state index >= 15 is 0 Å². The van der Waals surface area contributed by atoms with Crippen LogP contribution in [0.4, 0.5) is 4.39 Å². The number of phenolic OH excluding ortho intramolecular Hbond substituents is 1. The topological polar surface area (TPSA) is 36.0 Å². The molecule has 2 rings (SSSR count). The number of benzene rings is 1. The Bertz CT molecular complexity index is 513. The Hall–Kier alpha value is -1.77. The standard InChI is InChI=1S/C11H10FNO/c1-3-7-5-9(14)10(12)8-4-6(2)13-11(7)8/h3-5,13-14H,1H2,2H3. The Kier molecular flexibility index (Phi) is 1.81. The number of aromatic amines is 1. The summed E-state index contributed by atoms with van der Waals surface area (Å²) in [5.41, 5.74) is 2.23. The zero-order valence-corrected chi connectivity index (χ0v) is 7.76. The zero-order valence-electron chi connectivity index (χ0n) is 7.76. The predicted octanol–water partition coefficient (Wildman–Crippen LogP) is 2.96. The fraction of sp³-hybridized carbons (Fsp3) is 0.0909. The lowest BCUT2D eigenvalue weighted by Crippen LogP contribution is -1.82. The molecule has 0 aliphatic rings. The molecule has 0 saturated carbocycles. The van der Waals surface area contributed by atoms with Crippen LogP contribution < -0.4 is 0 Å². The highest BCUT2D eigenvalue weighted by Gasteiger charge is 2.11. The number of nitrogens with one attached hydrogen (secondary N) is 1. The highest BCUT2D eigenvalue weighted by molar-refractivity contribution is 5.90. The Labute approximate surface area is 80.7 Å². The summed E-state index contributed by atoms with van der Waals surface area (Å²) in [6, 6.07) is 3.03. The largest absolute Gasteiger partial charge is 0.505 e. The molecule has 1 heterocycles. The van der Waals surface area contributed by atoms with Gasteiger partial charge in [0.15, 0.2) is 11.6 Å². The molecule has 0 bridgehead atoms. The highest BCUT2D eigenvalue weighted by atomic mass is 19.1. The summed E-state index contributed by atoms with van der Waals surface area (Å²) < 4.78 is 13.4. The van der Waals surface area contributed by atoms with Gasteiger partial charge in [-0.2, -0.15) is 0 Å². The van der Waals surface area contributed by atoms with E-state index in [1.807, 2.05) is 6.92 Å². The average molecular weight is 191 g/mol. The molecule has 2 N–H and O–H groups in total. The molecule has 2 aromatic rings. The van der Waals surface area contributed by atoms with Crippen molar-refractivity contribution < 1.29 is 9.50 Å². The molecule has 72 valence electrons. The van der Waals surface area contributed by atoms with Crippen LogP contribution >= 0.6 is 0 Å². The predicted molar refractivity (Wildman–Crippen MR) is 54.7 cm³/mol. The van der Waals surface area contributed by atoms with Gasteiger partial charge in [0.25, 0.3) is 0 Å². The van der Waals surface area contributed by atoms with E-state index in [2.05, 4.69) is 11.6 Å². The Morgan fingerprint density at radius 3 is 2.86 bits per heavy atom. The highest BCUT2D eigenvalue weighted by Crippen LogP contribution is 2.29. The van der Waals surface area contributed by atoms with E-state index in [1.54, 1.807) is 12.1 Å². The van der Waals surface area contributed by atoms with Crippen LogP contribution in [-0.4, -0.2) is 10.1 Å². The first kappa shape index (κ1) is 8.81. The number of aromatic hydroxyl groups is 1. The van der Waals surface area contributed by atoms with Crippen LogP contribution in [0.3, 0.4) is 0 Å². The van der Waals surface area contributed by atoms with Gasteiger partial charge in [-0.25, -0.2) is 4.39 Å². The van der Waals surface area contributed by atoms with Crippen LogP contribution in [0.5, 0.6) is 5.75 Å². The fourth-order valence-corrected chi connectivity index (χ4v) is 1.57. The van der Waals surface area contributed by atoms with Gasteiger partial charge < -0.3 is 10.1 Å². The summed E-state index contributed by atoms with van der Waals surface area (Å²) in [5, 5.41) is 9.70. The van der Waals surface area contributed by atoms with Crippen molar-refractivity contribution in [3.8, 4) is 5.75 Å². The molecule has 0 unspecified atom stereocenters. The summed E-state index contributed by atoms with van der Waals surface area (Å²) >= 11 is 0. The quantitative estimate of drug-likeness (QED) is 0.714. The summed E-state index contributed by atoms with van der Waals surface area (Å²) in [5.74, 6) is -0.929. The van der Waals surface area contributed by atoms with E-state index in [4.69, 9.17) is 0 Å². The number of H-pyrrole nitrogens is 1. The number of hydrogen-bond acceptors (Lipinski definition) is 1. The van der Waals surface area contributed by atoms with Crippen molar-refractivity contribution in [1.29, 1.82) is 0 Å². The molecule has 0 spiro atoms. The number of hydrogen-bond donors (Lipinski definition) is 2. The van der Waals surface area contributed by atoms with E-state index in [0.717, 1.165) is 5.69 Å². The molecule has 3 heteroatoms. The van der Waals surface area contributed by atoms with E-state index in [0.29, 0.717) is 16.5 Å². The second kappa shape index (κ2) is 2.87. The van der Waals surface area contributed by atoms with Gasteiger partial charge in [-0.3, -0.25) is 0 Å². The van der Waals surface area contributed by atoms with Crippen LogP contribution in [-0.2, 0) is 0 Å². The van der Waals surface area contributed by atoms with Crippen molar-refractivity contribution in [1.82, 2.24) is 4.98 Å². The third kappa shape index (κ3) is 1.09. The fourth-order valence-electron chi connectivity index (χ4n) is 1.57. The smallest absolute Gasteiger partial charge is 0.174 e. The number of aromatic nitrogens is 1. The molecule has 0 atom stereocenters. The third-order valence-electron chi connectivity index (χ3n) is 2.21. The lowest BCUT2D eigenvalue weighted by Gasteiger charge is -2.00. The third-order valence-corrected chi connectivity index (χ3v) is 2.21. The minimum atomic E-state index is -0.588. The van der Waals surface area contributed by atoms with Gasteiger partial charge in [-0.1, -0.05) is 12.7 Å². The minimum Gasteiger partial charge on any atom is -0.505 e. The van der Waals surface area contributed by atoms with Gasteiger partial charge in [0.1, 0.15) is 0 Å². The second-order valence-corrected chi connectivity index (χ2v) is 3.24. The number of aryl methyl sites for hydroxylation is 1. The Balaban J connectivity index is 2.95. The maximum Gasteiger partial charge on any atom is 0.174 e. The molecular formula is C11H10FNO. The monoisotopic (exact) mass is 191 g/mol. The number of halogens is 1. The van der Waals surface area contributed by atoms with Gasteiger partial charge in [-0.05, 0) is 19.1 Å². The van der Waals surface area contributed by atoms with Crippen molar-refractivity contribution in [2.45, 2.75) is 6.92 Å². The maximum absolute atomic E-state index is 13.4. The minimum absolute atomic E-state index is 0.341. The van der Waals surface area contributed by atoms with Crippen LogP contribution in [0.2, 0.25) is 0 Å². The summed E-state index contributed by atoms with van der Waals surface area (Å²) in [4.78, 5) is 3.02. The SMILES string of the molecule is C=Cc1cc(O)c(F)c2cc(C)[nH]c12. The van der Waals surface area contributed by atoms with Gasteiger partial charge >= 0.3 is 0 Å². The van der Waals surface area contributed by atoms with Crippen LogP contribution in [0.1, 0.15) is 11.3 Å². The molecule has 0 amide bonds. The van der Waals surface area contributed by atoms with Crippen molar-refractivity contribution in [2.24, 2.45) is 0 Å². The summed E-state index contributed by atoms with van der Waals surface area (Å²) in [6.45, 7) is 5.44. The molecule has 0 radical (unpaired) electrons. The molecule has 0 aliphatic carbocycles. The molecular weight excluding hydrogens is 181 g/mol. The lowest BCUT2D eigenvalue weighted by molar-refractivity contribution is 0.436. The van der Waals surface area contributed by atoms with Gasteiger partial charge in [0.2, 0.25) is 0 Å². The Morgan fingerprint density at radius 1 is 1.50 bits per heavy atom. The normalized spacial score (nSPS) is 10.7. The van der Waals surface area contributed by atoms with Crippen molar-refractivity contribution in [3.05, 3.63) is 35.8 Å². The number of rotatable bonds is 1. The van der Waals surface area contributed by atoms with Crippen molar-refractivity contribution >= 4 is 17.0 Å². The van der Waals surface area contributed by atoms with Gasteiger partial charge in [-0.15, -0.1) is 0 Å².